The van der Waals surface area contributed by atoms with Crippen LogP contribution in [0, 0.1) is 0 Å². The molecule has 1 heterocycles. The molecule has 0 amide bonds. The molecule has 0 bridgehead atoms. The summed E-state index contributed by atoms with van der Waals surface area (Å²) in [7, 11) is 4.63. The molecular formula is C20H22N2O5. The first kappa shape index (κ1) is 18.7. The molecule has 0 unspecified atom stereocenters. The van der Waals surface area contributed by atoms with E-state index < -0.39 is 0 Å². The predicted octanol–water partition coefficient (Wildman–Crippen LogP) is 2.54. The molecule has 0 aliphatic rings. The van der Waals surface area contributed by atoms with Gasteiger partial charge in [0.1, 0.15) is 28.5 Å². The maximum Gasteiger partial charge on any atom is 0.262 e. The summed E-state index contributed by atoms with van der Waals surface area (Å²) in [5.74, 6) is 2.07. The Labute approximate surface area is 156 Å². The van der Waals surface area contributed by atoms with Crippen LogP contribution in [0.4, 0.5) is 0 Å². The summed E-state index contributed by atoms with van der Waals surface area (Å²) in [5, 5.41) is 9.40. The Bertz CT molecular complexity index is 1010. The van der Waals surface area contributed by atoms with E-state index in [1.165, 1.54) is 7.11 Å². The maximum atomic E-state index is 12.6. The number of H-pyrrole nitrogens is 1. The molecule has 2 aromatic carbocycles. The number of nitrogens with zero attached hydrogens (tertiary/aromatic N) is 1. The molecule has 2 N–H and O–H groups in total. The first-order chi connectivity index (χ1) is 13.1. The Morgan fingerprint density at radius 2 is 1.81 bits per heavy atom. The zero-order chi connectivity index (χ0) is 19.4. The van der Waals surface area contributed by atoms with Crippen LogP contribution in [-0.4, -0.2) is 43.0 Å². The first-order valence-corrected chi connectivity index (χ1v) is 8.55. The van der Waals surface area contributed by atoms with Gasteiger partial charge in [-0.2, -0.15) is 0 Å². The number of aliphatic hydroxyl groups is 1. The lowest BCUT2D eigenvalue weighted by atomic mass is 10.1. The molecule has 142 valence electrons. The lowest BCUT2D eigenvalue weighted by Crippen LogP contribution is -2.11. The zero-order valence-electron chi connectivity index (χ0n) is 15.5. The Morgan fingerprint density at radius 3 is 2.48 bits per heavy atom. The average molecular weight is 370 g/mol. The minimum absolute atomic E-state index is 0.119. The zero-order valence-corrected chi connectivity index (χ0v) is 15.5. The summed E-state index contributed by atoms with van der Waals surface area (Å²) in [6.45, 7) is 0.119. The molecule has 27 heavy (non-hydrogen) atoms. The van der Waals surface area contributed by atoms with Gasteiger partial charge in [0.2, 0.25) is 0 Å². The number of rotatable bonds is 7. The molecule has 0 atom stereocenters. The third-order valence-corrected chi connectivity index (χ3v) is 4.37. The van der Waals surface area contributed by atoms with Crippen LogP contribution in [0.1, 0.15) is 12.0 Å². The fraction of sp³-hybridized carbons (Fsp3) is 0.300. The van der Waals surface area contributed by atoms with E-state index in [0.29, 0.717) is 46.8 Å². The number of hydrogen-bond donors (Lipinski definition) is 2. The van der Waals surface area contributed by atoms with Crippen LogP contribution in [0.25, 0.3) is 22.3 Å². The van der Waals surface area contributed by atoms with E-state index in [1.54, 1.807) is 26.4 Å². The molecule has 0 saturated heterocycles. The quantitative estimate of drug-likeness (QED) is 0.664. The fourth-order valence-corrected chi connectivity index (χ4v) is 2.99. The number of aliphatic hydroxyl groups excluding tert-OH is 1. The van der Waals surface area contributed by atoms with Crippen molar-refractivity contribution in [1.82, 2.24) is 9.97 Å². The van der Waals surface area contributed by atoms with E-state index in [0.717, 1.165) is 11.1 Å². The van der Waals surface area contributed by atoms with Gasteiger partial charge in [0.25, 0.3) is 5.56 Å². The van der Waals surface area contributed by atoms with Crippen LogP contribution in [0.5, 0.6) is 17.2 Å². The van der Waals surface area contributed by atoms with Gasteiger partial charge in [0.15, 0.2) is 0 Å². The largest absolute Gasteiger partial charge is 0.497 e. The number of ether oxygens (including phenoxy) is 3. The third kappa shape index (κ3) is 3.73. The molecule has 0 aliphatic heterocycles. The average Bonchev–Trinajstić information content (AvgIpc) is 2.70. The Hall–Kier alpha value is -3.06. The lowest BCUT2D eigenvalue weighted by molar-refractivity contribution is 0.287. The van der Waals surface area contributed by atoms with E-state index in [1.807, 2.05) is 18.2 Å². The summed E-state index contributed by atoms with van der Waals surface area (Å²) in [6, 6.07) is 8.96. The topological polar surface area (TPSA) is 93.7 Å². The minimum Gasteiger partial charge on any atom is -0.497 e. The summed E-state index contributed by atoms with van der Waals surface area (Å²) in [6.07, 6.45) is 1.36. The van der Waals surface area contributed by atoms with Gasteiger partial charge < -0.3 is 24.3 Å². The fourth-order valence-electron chi connectivity index (χ4n) is 2.99. The Morgan fingerprint density at radius 1 is 1.04 bits per heavy atom. The van der Waals surface area contributed by atoms with Crippen LogP contribution < -0.4 is 19.8 Å². The Balaban J connectivity index is 2.13. The van der Waals surface area contributed by atoms with E-state index in [2.05, 4.69) is 9.97 Å². The van der Waals surface area contributed by atoms with Crippen LogP contribution >= 0.6 is 0 Å². The van der Waals surface area contributed by atoms with Crippen molar-refractivity contribution < 1.29 is 19.3 Å². The number of methoxy groups -OCH3 is 3. The second-order valence-corrected chi connectivity index (χ2v) is 5.99. The van der Waals surface area contributed by atoms with E-state index in [-0.39, 0.29) is 12.2 Å². The van der Waals surface area contributed by atoms with Gasteiger partial charge >= 0.3 is 0 Å². The van der Waals surface area contributed by atoms with Gasteiger partial charge in [0.05, 0.1) is 26.8 Å². The number of hydrogen-bond acceptors (Lipinski definition) is 6. The highest BCUT2D eigenvalue weighted by molar-refractivity contribution is 5.87. The van der Waals surface area contributed by atoms with Crippen molar-refractivity contribution in [2.24, 2.45) is 0 Å². The number of aromatic amines is 1. The number of nitrogens with one attached hydrogen (secondary N) is 1. The van der Waals surface area contributed by atoms with Gasteiger partial charge in [-0.1, -0.05) is 12.1 Å². The molecule has 3 rings (SSSR count). The van der Waals surface area contributed by atoms with Crippen molar-refractivity contribution in [2.75, 3.05) is 27.9 Å². The molecule has 0 aliphatic carbocycles. The standard InChI is InChI=1S/C20H22N2O5/c1-25-14-10-15-18(17(11-14)27-3)20(24)22-19(21-15)13-7-6-12(5-4-8-23)16(9-13)26-2/h6-7,9-11,23H,4-5,8H2,1-3H3,(H,21,22,24). The minimum atomic E-state index is -0.294. The van der Waals surface area contributed by atoms with Crippen molar-refractivity contribution in [2.45, 2.75) is 12.8 Å². The third-order valence-electron chi connectivity index (χ3n) is 4.37. The van der Waals surface area contributed by atoms with Crippen molar-refractivity contribution in [3.8, 4) is 28.6 Å². The van der Waals surface area contributed by atoms with Crippen LogP contribution in [-0.2, 0) is 6.42 Å². The predicted molar refractivity (Wildman–Crippen MR) is 103 cm³/mol. The number of aryl methyl sites for hydroxylation is 1. The maximum absolute atomic E-state index is 12.6. The number of aromatic nitrogens is 2. The molecular weight excluding hydrogens is 348 g/mol. The molecule has 0 spiro atoms. The van der Waals surface area contributed by atoms with Crippen molar-refractivity contribution in [3.05, 3.63) is 46.2 Å². The van der Waals surface area contributed by atoms with Gasteiger partial charge in [-0.25, -0.2) is 4.98 Å². The molecule has 0 radical (unpaired) electrons. The smallest absolute Gasteiger partial charge is 0.262 e. The second-order valence-electron chi connectivity index (χ2n) is 5.99. The molecule has 0 fully saturated rings. The SMILES string of the molecule is COc1cc(OC)c2c(=O)[nH]c(-c3ccc(CCCO)c(OC)c3)nc2c1. The van der Waals surface area contributed by atoms with Crippen LogP contribution in [0.15, 0.2) is 35.1 Å². The molecule has 0 saturated carbocycles. The summed E-state index contributed by atoms with van der Waals surface area (Å²) in [4.78, 5) is 20.0. The van der Waals surface area contributed by atoms with Gasteiger partial charge in [-0.3, -0.25) is 4.79 Å². The van der Waals surface area contributed by atoms with Crippen molar-refractivity contribution in [3.63, 3.8) is 0 Å². The van der Waals surface area contributed by atoms with E-state index in [9.17, 15) is 4.79 Å². The summed E-state index contributed by atoms with van der Waals surface area (Å²) < 4.78 is 16.0. The highest BCUT2D eigenvalue weighted by Gasteiger charge is 2.14. The number of fused-ring (bicyclic) bond motifs is 1. The second kappa shape index (κ2) is 8.09. The number of benzene rings is 2. The first-order valence-electron chi connectivity index (χ1n) is 8.55. The van der Waals surface area contributed by atoms with Crippen LogP contribution in [0.2, 0.25) is 0 Å². The lowest BCUT2D eigenvalue weighted by Gasteiger charge is -2.12. The van der Waals surface area contributed by atoms with E-state index in [4.69, 9.17) is 19.3 Å². The van der Waals surface area contributed by atoms with Gasteiger partial charge in [-0.15, -0.1) is 0 Å². The molecule has 7 nitrogen and oxygen atoms in total. The molecule has 3 aromatic rings. The van der Waals surface area contributed by atoms with Gasteiger partial charge in [-0.05, 0) is 24.5 Å². The normalized spacial score (nSPS) is 10.8. The summed E-state index contributed by atoms with van der Waals surface area (Å²) >= 11 is 0. The monoisotopic (exact) mass is 370 g/mol. The highest BCUT2D eigenvalue weighted by Crippen LogP contribution is 2.30. The van der Waals surface area contributed by atoms with E-state index >= 15 is 0 Å². The summed E-state index contributed by atoms with van der Waals surface area (Å²) in [5.41, 5.74) is 1.90. The van der Waals surface area contributed by atoms with Crippen molar-refractivity contribution >= 4 is 10.9 Å². The van der Waals surface area contributed by atoms with Crippen LogP contribution in [0.3, 0.4) is 0 Å². The Kier molecular flexibility index (Phi) is 5.61. The molecule has 1 aromatic heterocycles. The van der Waals surface area contributed by atoms with Crippen molar-refractivity contribution in [1.29, 1.82) is 0 Å². The van der Waals surface area contributed by atoms with Gasteiger partial charge in [0, 0.05) is 24.3 Å². The highest BCUT2D eigenvalue weighted by atomic mass is 16.5. The molecule has 7 heteroatoms.